The normalized spacial score (nSPS) is 11.5. The molecule has 0 aliphatic heterocycles. The molecule has 0 amide bonds. The molecule has 2 rings (SSSR count). The molecular weight excluding hydrogens is 304 g/mol. The Balaban J connectivity index is 2.09. The van der Waals surface area contributed by atoms with Crippen LogP contribution < -0.4 is 10.0 Å². The fraction of sp³-hybridized carbons (Fsp3) is 0.167. The molecule has 2 N–H and O–H groups in total. The Hall–Kier alpha value is -1.08. The van der Waals surface area contributed by atoms with Crippen LogP contribution in [0.3, 0.4) is 0 Å². The van der Waals surface area contributed by atoms with E-state index in [0.29, 0.717) is 4.34 Å². The van der Waals surface area contributed by atoms with Gasteiger partial charge in [0.1, 0.15) is 0 Å². The van der Waals surface area contributed by atoms with Crippen molar-refractivity contribution in [3.8, 4) is 0 Å². The molecule has 0 fully saturated rings. The minimum Gasteiger partial charge on any atom is -0.388 e. The Morgan fingerprint density at radius 1 is 1.16 bits per heavy atom. The molecule has 1 aromatic carbocycles. The maximum atomic E-state index is 12.1. The van der Waals surface area contributed by atoms with Crippen molar-refractivity contribution in [2.24, 2.45) is 0 Å². The number of sulfonamides is 1. The first-order valence-electron chi connectivity index (χ1n) is 5.53. The minimum atomic E-state index is -3.49. The van der Waals surface area contributed by atoms with E-state index >= 15 is 0 Å². The van der Waals surface area contributed by atoms with Crippen LogP contribution in [-0.4, -0.2) is 15.5 Å². The van der Waals surface area contributed by atoms with E-state index in [0.717, 1.165) is 10.6 Å². The van der Waals surface area contributed by atoms with Crippen molar-refractivity contribution >= 4 is 38.6 Å². The lowest BCUT2D eigenvalue weighted by Crippen LogP contribution is -2.22. The molecule has 0 radical (unpaired) electrons. The summed E-state index contributed by atoms with van der Waals surface area (Å²) in [5, 5.41) is 2.94. The summed E-state index contributed by atoms with van der Waals surface area (Å²) in [7, 11) is -1.71. The molecule has 0 atom stereocenters. The Bertz CT molecular complexity index is 651. The molecule has 0 saturated carbocycles. The highest BCUT2D eigenvalue weighted by Crippen LogP contribution is 2.21. The summed E-state index contributed by atoms with van der Waals surface area (Å²) >= 11 is 7.15. The van der Waals surface area contributed by atoms with Gasteiger partial charge in [-0.2, -0.15) is 0 Å². The molecule has 1 heterocycles. The Kier molecular flexibility index (Phi) is 4.46. The number of anilines is 1. The van der Waals surface area contributed by atoms with Crippen LogP contribution in [0.15, 0.2) is 41.3 Å². The van der Waals surface area contributed by atoms with E-state index in [-0.39, 0.29) is 11.4 Å². The van der Waals surface area contributed by atoms with E-state index in [1.807, 2.05) is 0 Å². The van der Waals surface area contributed by atoms with E-state index in [2.05, 4.69) is 10.0 Å². The first-order valence-corrected chi connectivity index (χ1v) is 8.21. The molecule has 0 aliphatic carbocycles. The van der Waals surface area contributed by atoms with E-state index in [1.54, 1.807) is 43.4 Å². The summed E-state index contributed by atoms with van der Waals surface area (Å²) in [4.78, 5) is 1.12. The Labute approximate surface area is 121 Å². The van der Waals surface area contributed by atoms with Crippen LogP contribution in [0, 0.1) is 0 Å². The third-order valence-electron chi connectivity index (χ3n) is 2.52. The Morgan fingerprint density at radius 3 is 2.37 bits per heavy atom. The average molecular weight is 317 g/mol. The van der Waals surface area contributed by atoms with Crippen LogP contribution >= 0.6 is 22.9 Å². The first-order chi connectivity index (χ1) is 9.01. The summed E-state index contributed by atoms with van der Waals surface area (Å²) in [5.74, 6) is 0. The van der Waals surface area contributed by atoms with Crippen molar-refractivity contribution < 1.29 is 8.42 Å². The third-order valence-corrected chi connectivity index (χ3v) is 5.17. The van der Waals surface area contributed by atoms with E-state index in [9.17, 15) is 8.42 Å². The number of hydrogen-bond donors (Lipinski definition) is 2. The number of rotatable bonds is 5. The van der Waals surface area contributed by atoms with Crippen molar-refractivity contribution in [1.82, 2.24) is 4.72 Å². The van der Waals surface area contributed by atoms with Crippen LogP contribution in [0.1, 0.15) is 4.88 Å². The van der Waals surface area contributed by atoms with Gasteiger partial charge in [0, 0.05) is 24.2 Å². The molecule has 4 nitrogen and oxygen atoms in total. The zero-order chi connectivity index (χ0) is 13.9. The Morgan fingerprint density at radius 2 is 1.84 bits per heavy atom. The molecule has 0 bridgehead atoms. The lowest BCUT2D eigenvalue weighted by atomic mass is 10.3. The molecular formula is C12H13ClN2O2S2. The van der Waals surface area contributed by atoms with Gasteiger partial charge in [0.05, 0.1) is 9.23 Å². The van der Waals surface area contributed by atoms with Gasteiger partial charge in [0.15, 0.2) is 0 Å². The molecule has 0 saturated heterocycles. The number of thiophene rings is 1. The summed E-state index contributed by atoms with van der Waals surface area (Å²) in [6.45, 7) is 0.244. The maximum absolute atomic E-state index is 12.1. The van der Waals surface area contributed by atoms with E-state index in [1.165, 1.54) is 11.3 Å². The average Bonchev–Trinajstić information content (AvgIpc) is 2.82. The van der Waals surface area contributed by atoms with Crippen LogP contribution in [0.4, 0.5) is 5.69 Å². The predicted molar refractivity (Wildman–Crippen MR) is 79.3 cm³/mol. The fourth-order valence-electron chi connectivity index (χ4n) is 1.50. The van der Waals surface area contributed by atoms with Crippen molar-refractivity contribution in [3.05, 3.63) is 45.6 Å². The number of nitrogens with one attached hydrogen (secondary N) is 2. The highest BCUT2D eigenvalue weighted by atomic mass is 35.5. The second-order valence-corrected chi connectivity index (χ2v) is 7.37. The summed E-state index contributed by atoms with van der Waals surface area (Å²) in [5.41, 5.74) is 0.865. The van der Waals surface area contributed by atoms with Gasteiger partial charge < -0.3 is 5.32 Å². The van der Waals surface area contributed by atoms with Crippen LogP contribution in [0.5, 0.6) is 0 Å². The standard InChI is InChI=1S/C12H13ClN2O2S2/c1-14-9-2-5-11(6-3-9)19(16,17)15-8-10-4-7-12(13)18-10/h2-7,14-15H,8H2,1H3. The SMILES string of the molecule is CNc1ccc(S(=O)(=O)NCc2ccc(Cl)s2)cc1. The van der Waals surface area contributed by atoms with Crippen LogP contribution in [0.25, 0.3) is 0 Å². The van der Waals surface area contributed by atoms with Gasteiger partial charge in [-0.15, -0.1) is 11.3 Å². The van der Waals surface area contributed by atoms with Crippen molar-refractivity contribution in [3.63, 3.8) is 0 Å². The molecule has 102 valence electrons. The van der Waals surface area contributed by atoms with Gasteiger partial charge in [-0.3, -0.25) is 0 Å². The van der Waals surface area contributed by atoms with Crippen molar-refractivity contribution in [2.75, 3.05) is 12.4 Å². The molecule has 0 aliphatic rings. The summed E-state index contributed by atoms with van der Waals surface area (Å²) in [6, 6.07) is 10.1. The molecule has 0 unspecified atom stereocenters. The number of halogens is 1. The van der Waals surface area contributed by atoms with Gasteiger partial charge in [0.25, 0.3) is 0 Å². The van der Waals surface area contributed by atoms with Gasteiger partial charge >= 0.3 is 0 Å². The summed E-state index contributed by atoms with van der Waals surface area (Å²) < 4.78 is 27.3. The lowest BCUT2D eigenvalue weighted by Gasteiger charge is -2.06. The highest BCUT2D eigenvalue weighted by Gasteiger charge is 2.13. The van der Waals surface area contributed by atoms with Crippen LogP contribution in [0.2, 0.25) is 4.34 Å². The minimum absolute atomic E-state index is 0.244. The largest absolute Gasteiger partial charge is 0.388 e. The third kappa shape index (κ3) is 3.70. The van der Waals surface area contributed by atoms with Gasteiger partial charge in [-0.25, -0.2) is 13.1 Å². The number of benzene rings is 1. The lowest BCUT2D eigenvalue weighted by molar-refractivity contribution is 0.582. The monoisotopic (exact) mass is 316 g/mol. The fourth-order valence-corrected chi connectivity index (χ4v) is 3.62. The van der Waals surface area contributed by atoms with E-state index < -0.39 is 10.0 Å². The van der Waals surface area contributed by atoms with Crippen LogP contribution in [-0.2, 0) is 16.6 Å². The van der Waals surface area contributed by atoms with Crippen molar-refractivity contribution in [2.45, 2.75) is 11.4 Å². The molecule has 0 spiro atoms. The van der Waals surface area contributed by atoms with Gasteiger partial charge in [0.2, 0.25) is 10.0 Å². The predicted octanol–water partition coefficient (Wildman–Crippen LogP) is 2.92. The smallest absolute Gasteiger partial charge is 0.240 e. The van der Waals surface area contributed by atoms with Crippen molar-refractivity contribution in [1.29, 1.82) is 0 Å². The summed E-state index contributed by atoms with van der Waals surface area (Å²) in [6.07, 6.45) is 0. The maximum Gasteiger partial charge on any atom is 0.240 e. The zero-order valence-electron chi connectivity index (χ0n) is 10.2. The molecule has 19 heavy (non-hydrogen) atoms. The highest BCUT2D eigenvalue weighted by molar-refractivity contribution is 7.89. The quantitative estimate of drug-likeness (QED) is 0.891. The molecule has 1 aromatic heterocycles. The van der Waals surface area contributed by atoms with Gasteiger partial charge in [-0.1, -0.05) is 11.6 Å². The van der Waals surface area contributed by atoms with Gasteiger partial charge in [-0.05, 0) is 36.4 Å². The number of hydrogen-bond acceptors (Lipinski definition) is 4. The molecule has 7 heteroatoms. The first kappa shape index (κ1) is 14.3. The second kappa shape index (κ2) is 5.92. The molecule has 2 aromatic rings. The topological polar surface area (TPSA) is 58.2 Å². The second-order valence-electron chi connectivity index (χ2n) is 3.80. The zero-order valence-corrected chi connectivity index (χ0v) is 12.6. The van der Waals surface area contributed by atoms with E-state index in [4.69, 9.17) is 11.6 Å².